The number of nitrogens with one attached hydrogen (secondary N) is 1. The first-order valence-electron chi connectivity index (χ1n) is 9.03. The topological polar surface area (TPSA) is 46.9 Å². The van der Waals surface area contributed by atoms with Gasteiger partial charge in [-0.15, -0.1) is 0 Å². The van der Waals surface area contributed by atoms with Crippen molar-refractivity contribution in [2.24, 2.45) is 5.41 Å². The van der Waals surface area contributed by atoms with E-state index in [1.807, 2.05) is 18.2 Å². The van der Waals surface area contributed by atoms with Crippen molar-refractivity contribution in [2.75, 3.05) is 6.54 Å². The van der Waals surface area contributed by atoms with Gasteiger partial charge in [-0.1, -0.05) is 25.3 Å². The minimum Gasteiger partial charge on any atom is -0.356 e. The molecule has 4 heteroatoms. The van der Waals surface area contributed by atoms with Gasteiger partial charge < -0.3 is 9.88 Å². The Hall–Kier alpha value is -2.10. The Morgan fingerprint density at radius 1 is 1.12 bits per heavy atom. The molecule has 2 heterocycles. The molecule has 0 unspecified atom stereocenters. The Bertz CT molecular complexity index is 616. The monoisotopic (exact) mass is 325 g/mol. The highest BCUT2D eigenvalue weighted by Crippen LogP contribution is 2.40. The number of amides is 1. The van der Waals surface area contributed by atoms with E-state index in [1.54, 1.807) is 6.20 Å². The summed E-state index contributed by atoms with van der Waals surface area (Å²) in [7, 11) is 0. The van der Waals surface area contributed by atoms with Gasteiger partial charge in [-0.2, -0.15) is 0 Å². The average Bonchev–Trinajstić information content (AvgIpc) is 3.09. The van der Waals surface area contributed by atoms with E-state index in [4.69, 9.17) is 0 Å². The average molecular weight is 325 g/mol. The summed E-state index contributed by atoms with van der Waals surface area (Å²) >= 11 is 0. The van der Waals surface area contributed by atoms with Crippen molar-refractivity contribution in [3.63, 3.8) is 0 Å². The van der Waals surface area contributed by atoms with Gasteiger partial charge in [-0.3, -0.25) is 9.78 Å². The molecule has 0 atom stereocenters. The van der Waals surface area contributed by atoms with E-state index in [1.165, 1.54) is 19.3 Å². The van der Waals surface area contributed by atoms with Crippen LogP contribution < -0.4 is 5.32 Å². The van der Waals surface area contributed by atoms with Crippen molar-refractivity contribution in [3.05, 3.63) is 54.6 Å². The van der Waals surface area contributed by atoms with Crippen LogP contribution in [0.5, 0.6) is 0 Å². The quantitative estimate of drug-likeness (QED) is 0.846. The van der Waals surface area contributed by atoms with Crippen LogP contribution in [0.3, 0.4) is 0 Å². The minimum absolute atomic E-state index is 0.117. The number of hydrogen-bond donors (Lipinski definition) is 1. The third-order valence-corrected chi connectivity index (χ3v) is 5.06. The lowest BCUT2D eigenvalue weighted by atomic mass is 9.71. The highest BCUT2D eigenvalue weighted by atomic mass is 16.1. The van der Waals surface area contributed by atoms with E-state index in [2.05, 4.69) is 39.4 Å². The fourth-order valence-electron chi connectivity index (χ4n) is 3.83. The maximum Gasteiger partial charge on any atom is 0.220 e. The molecule has 128 valence electrons. The zero-order valence-electron chi connectivity index (χ0n) is 14.3. The minimum atomic E-state index is 0.117. The molecule has 0 bridgehead atoms. The molecular weight excluding hydrogens is 298 g/mol. The molecule has 0 aliphatic heterocycles. The van der Waals surface area contributed by atoms with Crippen LogP contribution >= 0.6 is 0 Å². The Balaban J connectivity index is 1.53. The van der Waals surface area contributed by atoms with Crippen LogP contribution in [-0.2, 0) is 17.8 Å². The van der Waals surface area contributed by atoms with Crippen LogP contribution in [-0.4, -0.2) is 22.0 Å². The van der Waals surface area contributed by atoms with Crippen LogP contribution in [0.15, 0.2) is 48.9 Å². The molecule has 1 amide bonds. The molecular formula is C20H27N3O. The van der Waals surface area contributed by atoms with Crippen molar-refractivity contribution < 1.29 is 4.79 Å². The molecule has 2 aromatic heterocycles. The molecule has 1 fully saturated rings. The molecule has 1 saturated carbocycles. The number of rotatable bonds is 7. The number of aromatic nitrogens is 2. The maximum absolute atomic E-state index is 12.5. The molecule has 3 rings (SSSR count). The molecule has 1 N–H and O–H groups in total. The molecule has 1 aliphatic carbocycles. The van der Waals surface area contributed by atoms with Crippen LogP contribution in [0.4, 0.5) is 0 Å². The van der Waals surface area contributed by atoms with Crippen molar-refractivity contribution >= 4 is 5.91 Å². The Morgan fingerprint density at radius 3 is 2.62 bits per heavy atom. The summed E-state index contributed by atoms with van der Waals surface area (Å²) in [5.74, 6) is 0.181. The second kappa shape index (κ2) is 8.13. The van der Waals surface area contributed by atoms with Gasteiger partial charge in [0.1, 0.15) is 0 Å². The molecule has 4 nitrogen and oxygen atoms in total. The van der Waals surface area contributed by atoms with Gasteiger partial charge >= 0.3 is 0 Å². The molecule has 0 radical (unpaired) electrons. The summed E-state index contributed by atoms with van der Waals surface area (Å²) < 4.78 is 2.23. The predicted molar refractivity (Wildman–Crippen MR) is 95.5 cm³/mol. The summed E-state index contributed by atoms with van der Waals surface area (Å²) in [6.07, 6.45) is 13.5. The van der Waals surface area contributed by atoms with Gasteiger partial charge in [0.15, 0.2) is 0 Å². The first-order chi connectivity index (χ1) is 11.8. The highest BCUT2D eigenvalue weighted by Gasteiger charge is 2.34. The van der Waals surface area contributed by atoms with E-state index in [-0.39, 0.29) is 11.3 Å². The van der Waals surface area contributed by atoms with Crippen molar-refractivity contribution in [1.82, 2.24) is 14.9 Å². The van der Waals surface area contributed by atoms with Crippen LogP contribution in [0.25, 0.3) is 0 Å². The lowest BCUT2D eigenvalue weighted by molar-refractivity contribution is -0.124. The number of carbonyl (C=O) groups is 1. The third-order valence-electron chi connectivity index (χ3n) is 5.06. The maximum atomic E-state index is 12.5. The second-order valence-corrected chi connectivity index (χ2v) is 7.01. The normalized spacial score (nSPS) is 16.7. The third kappa shape index (κ3) is 4.70. The molecule has 1 aliphatic rings. The van der Waals surface area contributed by atoms with Crippen LogP contribution in [0.2, 0.25) is 0 Å². The highest BCUT2D eigenvalue weighted by molar-refractivity contribution is 5.76. The number of pyridine rings is 1. The Labute approximate surface area is 144 Å². The molecule has 0 saturated heterocycles. The van der Waals surface area contributed by atoms with Gasteiger partial charge in [0.25, 0.3) is 0 Å². The Morgan fingerprint density at radius 2 is 1.92 bits per heavy atom. The number of hydrogen-bond acceptors (Lipinski definition) is 2. The summed E-state index contributed by atoms with van der Waals surface area (Å²) in [5.41, 5.74) is 1.14. The van der Waals surface area contributed by atoms with E-state index in [9.17, 15) is 4.79 Å². The zero-order valence-corrected chi connectivity index (χ0v) is 14.3. The summed E-state index contributed by atoms with van der Waals surface area (Å²) in [5, 5.41) is 3.09. The second-order valence-electron chi connectivity index (χ2n) is 7.01. The largest absolute Gasteiger partial charge is 0.356 e. The standard InChI is InChI=1S/C20H27N3O/c24-19(22-13-9-18-8-2-5-12-21-18)16-20(10-3-1-4-11-20)17-23-14-6-7-15-23/h2,5-8,12,14-15H,1,3-4,9-11,13,16-17H2,(H,22,24). The Kier molecular flexibility index (Phi) is 5.68. The van der Waals surface area contributed by atoms with Crippen molar-refractivity contribution in [1.29, 1.82) is 0 Å². The van der Waals surface area contributed by atoms with Gasteiger partial charge in [-0.05, 0) is 42.5 Å². The zero-order chi connectivity index (χ0) is 16.7. The fraction of sp³-hybridized carbons (Fsp3) is 0.500. The van der Waals surface area contributed by atoms with Gasteiger partial charge in [0, 0.05) is 50.2 Å². The predicted octanol–water partition coefficient (Wildman–Crippen LogP) is 3.58. The van der Waals surface area contributed by atoms with Crippen molar-refractivity contribution in [2.45, 2.75) is 51.5 Å². The van der Waals surface area contributed by atoms with Gasteiger partial charge in [0.05, 0.1) is 0 Å². The molecule has 0 spiro atoms. The smallest absolute Gasteiger partial charge is 0.220 e. The number of carbonyl (C=O) groups excluding carboxylic acids is 1. The lowest BCUT2D eigenvalue weighted by Crippen LogP contribution is -2.37. The molecule has 2 aromatic rings. The van der Waals surface area contributed by atoms with Crippen LogP contribution in [0, 0.1) is 5.41 Å². The summed E-state index contributed by atoms with van der Waals surface area (Å²) in [6, 6.07) is 10.0. The molecule has 24 heavy (non-hydrogen) atoms. The van der Waals surface area contributed by atoms with Gasteiger partial charge in [0.2, 0.25) is 5.91 Å². The first kappa shape index (κ1) is 16.7. The van der Waals surface area contributed by atoms with Crippen LogP contribution in [0.1, 0.15) is 44.2 Å². The van der Waals surface area contributed by atoms with E-state index in [0.717, 1.165) is 31.5 Å². The summed E-state index contributed by atoms with van der Waals surface area (Å²) in [4.78, 5) is 16.8. The first-order valence-corrected chi connectivity index (χ1v) is 9.03. The van der Waals surface area contributed by atoms with E-state index < -0.39 is 0 Å². The summed E-state index contributed by atoms with van der Waals surface area (Å²) in [6.45, 7) is 1.61. The number of nitrogens with zero attached hydrogens (tertiary/aromatic N) is 2. The van der Waals surface area contributed by atoms with Crippen molar-refractivity contribution in [3.8, 4) is 0 Å². The fourth-order valence-corrected chi connectivity index (χ4v) is 3.83. The lowest BCUT2D eigenvalue weighted by Gasteiger charge is -2.37. The van der Waals surface area contributed by atoms with E-state index in [0.29, 0.717) is 13.0 Å². The van der Waals surface area contributed by atoms with Gasteiger partial charge in [-0.25, -0.2) is 0 Å². The molecule has 0 aromatic carbocycles. The SMILES string of the molecule is O=C(CC1(Cn2cccc2)CCCCC1)NCCc1ccccn1. The van der Waals surface area contributed by atoms with E-state index >= 15 is 0 Å².